The van der Waals surface area contributed by atoms with Crippen molar-refractivity contribution >= 4 is 12.1 Å². The molecule has 1 unspecified atom stereocenters. The number of alkyl halides is 2. The molecule has 1 aliphatic rings. The van der Waals surface area contributed by atoms with Gasteiger partial charge in [-0.15, -0.1) is 0 Å². The topological polar surface area (TPSA) is 97.9 Å². The molecule has 7 nitrogen and oxygen atoms in total. The maximum absolute atomic E-state index is 15.0. The fourth-order valence-corrected chi connectivity index (χ4v) is 3.34. The minimum atomic E-state index is -2.91. The Morgan fingerprint density at radius 2 is 2.19 bits per heavy atom. The van der Waals surface area contributed by atoms with Gasteiger partial charge in [-0.1, -0.05) is 0 Å². The Morgan fingerprint density at radius 1 is 1.44 bits per heavy atom. The van der Waals surface area contributed by atoms with Gasteiger partial charge in [-0.25, -0.2) is 18.2 Å². The summed E-state index contributed by atoms with van der Waals surface area (Å²) in [5.41, 5.74) is 6.71. The van der Waals surface area contributed by atoms with Crippen molar-refractivity contribution in [2.24, 2.45) is 12.8 Å². The molecule has 0 saturated heterocycles. The smallest absolute Gasteiger partial charge is 0.251 e. The third kappa shape index (κ3) is 3.81. The Balaban J connectivity index is 2.08. The Kier molecular flexibility index (Phi) is 5.20. The van der Waals surface area contributed by atoms with Crippen LogP contribution in [0.1, 0.15) is 28.8 Å². The lowest BCUT2D eigenvalue weighted by molar-refractivity contribution is 0.00733. The van der Waals surface area contributed by atoms with Crippen molar-refractivity contribution in [1.29, 1.82) is 0 Å². The molecule has 0 bridgehead atoms. The SMILES string of the molecule is CNCc1c(F)c(NC2CC(F)(F)C[C@@H]2N)nc(-c2cnn(C)c2)c1C=O. The molecule has 2 aromatic heterocycles. The van der Waals surface area contributed by atoms with E-state index in [0.29, 0.717) is 11.8 Å². The van der Waals surface area contributed by atoms with Crippen LogP contribution in [0.4, 0.5) is 19.0 Å². The number of carbonyl (C=O) groups is 1. The Bertz CT molecular complexity index is 853. The molecule has 0 radical (unpaired) electrons. The van der Waals surface area contributed by atoms with Gasteiger partial charge >= 0.3 is 0 Å². The van der Waals surface area contributed by atoms with Crippen LogP contribution in [0.5, 0.6) is 0 Å². The normalized spacial score (nSPS) is 21.4. The third-order valence-corrected chi connectivity index (χ3v) is 4.62. The van der Waals surface area contributed by atoms with Crippen LogP contribution in [-0.4, -0.2) is 46.1 Å². The number of carbonyl (C=O) groups excluding carboxylic acids is 1. The number of hydrogen-bond donors (Lipinski definition) is 3. The van der Waals surface area contributed by atoms with Crippen LogP contribution in [0, 0.1) is 5.82 Å². The van der Waals surface area contributed by atoms with Crippen molar-refractivity contribution in [1.82, 2.24) is 20.1 Å². The number of pyridine rings is 1. The van der Waals surface area contributed by atoms with E-state index in [1.54, 1.807) is 20.3 Å². The van der Waals surface area contributed by atoms with Gasteiger partial charge in [0.25, 0.3) is 5.92 Å². The van der Waals surface area contributed by atoms with Crippen molar-refractivity contribution < 1.29 is 18.0 Å². The number of aldehydes is 1. The van der Waals surface area contributed by atoms with E-state index in [4.69, 9.17) is 5.73 Å². The molecule has 0 amide bonds. The summed E-state index contributed by atoms with van der Waals surface area (Å²) in [5, 5.41) is 9.57. The zero-order valence-electron chi connectivity index (χ0n) is 15.0. The van der Waals surface area contributed by atoms with E-state index in [1.807, 2.05) is 0 Å². The number of anilines is 1. The van der Waals surface area contributed by atoms with Crippen LogP contribution in [-0.2, 0) is 13.6 Å². The van der Waals surface area contributed by atoms with Gasteiger partial charge < -0.3 is 16.4 Å². The van der Waals surface area contributed by atoms with Crippen molar-refractivity contribution in [2.45, 2.75) is 37.4 Å². The molecule has 1 fully saturated rings. The van der Waals surface area contributed by atoms with Gasteiger partial charge in [-0.3, -0.25) is 9.48 Å². The monoisotopic (exact) mass is 382 g/mol. The number of aromatic nitrogens is 3. The van der Waals surface area contributed by atoms with E-state index in [1.165, 1.54) is 10.9 Å². The van der Waals surface area contributed by atoms with Crippen LogP contribution in [0.3, 0.4) is 0 Å². The van der Waals surface area contributed by atoms with Gasteiger partial charge in [-0.05, 0) is 7.05 Å². The van der Waals surface area contributed by atoms with E-state index < -0.39 is 36.7 Å². The molecule has 0 spiro atoms. The Labute approximate surface area is 154 Å². The molecule has 1 aliphatic carbocycles. The predicted molar refractivity (Wildman–Crippen MR) is 94.1 cm³/mol. The van der Waals surface area contributed by atoms with Gasteiger partial charge in [0.15, 0.2) is 17.9 Å². The molecule has 27 heavy (non-hydrogen) atoms. The molecular weight excluding hydrogens is 361 g/mol. The highest BCUT2D eigenvalue weighted by molar-refractivity contribution is 5.88. The summed E-state index contributed by atoms with van der Waals surface area (Å²) in [5.74, 6) is -3.87. The molecule has 2 aromatic rings. The summed E-state index contributed by atoms with van der Waals surface area (Å²) in [6.07, 6.45) is 2.68. The van der Waals surface area contributed by atoms with E-state index in [-0.39, 0.29) is 29.2 Å². The van der Waals surface area contributed by atoms with Crippen molar-refractivity contribution in [2.75, 3.05) is 12.4 Å². The van der Waals surface area contributed by atoms with Gasteiger partial charge in [0.2, 0.25) is 0 Å². The Hall–Kier alpha value is -2.46. The number of halogens is 3. The van der Waals surface area contributed by atoms with Gasteiger partial charge in [0.1, 0.15) is 0 Å². The minimum absolute atomic E-state index is 0.0667. The van der Waals surface area contributed by atoms with Crippen molar-refractivity contribution in [3.05, 3.63) is 29.3 Å². The standard InChI is InChI=1S/C17H21F3N6O/c1-22-6-10-11(8-27)15(9-5-23-26(2)7-9)25-16(14(10)18)24-13-4-17(19,20)3-12(13)21/h5,7-8,12-13,22H,3-4,6,21H2,1-2H3,(H,24,25)/t12-,13?/m0/s1. The molecule has 1 saturated carbocycles. The predicted octanol–water partition coefficient (Wildman–Crippen LogP) is 1.69. The van der Waals surface area contributed by atoms with E-state index in [9.17, 15) is 13.6 Å². The van der Waals surface area contributed by atoms with E-state index in [2.05, 4.69) is 20.7 Å². The van der Waals surface area contributed by atoms with Crippen LogP contribution in [0.15, 0.2) is 12.4 Å². The fourth-order valence-electron chi connectivity index (χ4n) is 3.34. The van der Waals surface area contributed by atoms with E-state index in [0.717, 1.165) is 0 Å². The second kappa shape index (κ2) is 7.28. The summed E-state index contributed by atoms with van der Waals surface area (Å²) in [6.45, 7) is 0.0667. The number of rotatable bonds is 6. The minimum Gasteiger partial charge on any atom is -0.363 e. The second-order valence-corrected chi connectivity index (χ2v) is 6.74. The molecule has 2 atom stereocenters. The summed E-state index contributed by atoms with van der Waals surface area (Å²) in [6, 6.07) is -1.66. The average Bonchev–Trinajstić information content (AvgIpc) is 3.13. The van der Waals surface area contributed by atoms with Crippen molar-refractivity contribution in [3.63, 3.8) is 0 Å². The molecule has 146 valence electrons. The van der Waals surface area contributed by atoms with Gasteiger partial charge in [-0.2, -0.15) is 5.10 Å². The molecule has 2 heterocycles. The lowest BCUT2D eigenvalue weighted by Crippen LogP contribution is -2.36. The number of nitrogens with two attached hydrogens (primary N) is 1. The number of aryl methyl sites for hydroxylation is 1. The quantitative estimate of drug-likeness (QED) is 0.658. The number of hydrogen-bond acceptors (Lipinski definition) is 6. The molecule has 0 aromatic carbocycles. The van der Waals surface area contributed by atoms with Gasteiger partial charge in [0.05, 0.1) is 11.9 Å². The highest BCUT2D eigenvalue weighted by Crippen LogP contribution is 2.37. The first-order valence-electron chi connectivity index (χ1n) is 8.47. The lowest BCUT2D eigenvalue weighted by atomic mass is 10.0. The summed E-state index contributed by atoms with van der Waals surface area (Å²) < 4.78 is 43.8. The molecular formula is C17H21F3N6O. The molecule has 10 heteroatoms. The summed E-state index contributed by atoms with van der Waals surface area (Å²) in [7, 11) is 3.31. The van der Waals surface area contributed by atoms with Crippen LogP contribution in [0.25, 0.3) is 11.3 Å². The second-order valence-electron chi connectivity index (χ2n) is 6.74. The molecule has 0 aliphatic heterocycles. The highest BCUT2D eigenvalue weighted by atomic mass is 19.3. The van der Waals surface area contributed by atoms with E-state index >= 15 is 4.39 Å². The van der Waals surface area contributed by atoms with Crippen LogP contribution < -0.4 is 16.4 Å². The average molecular weight is 382 g/mol. The molecule has 3 rings (SSSR count). The molecule has 4 N–H and O–H groups in total. The fraction of sp³-hybridized carbons (Fsp3) is 0.471. The first-order valence-corrected chi connectivity index (χ1v) is 8.47. The van der Waals surface area contributed by atoms with Crippen molar-refractivity contribution in [3.8, 4) is 11.3 Å². The van der Waals surface area contributed by atoms with Crippen LogP contribution >= 0.6 is 0 Å². The maximum atomic E-state index is 15.0. The summed E-state index contributed by atoms with van der Waals surface area (Å²) >= 11 is 0. The zero-order chi connectivity index (χ0) is 19.8. The van der Waals surface area contributed by atoms with Crippen LogP contribution in [0.2, 0.25) is 0 Å². The zero-order valence-corrected chi connectivity index (χ0v) is 15.0. The summed E-state index contributed by atoms with van der Waals surface area (Å²) in [4.78, 5) is 15.9. The maximum Gasteiger partial charge on any atom is 0.251 e. The number of nitrogens with one attached hydrogen (secondary N) is 2. The Morgan fingerprint density at radius 3 is 2.70 bits per heavy atom. The van der Waals surface area contributed by atoms with Gasteiger partial charge in [0, 0.05) is 61.4 Å². The first kappa shape index (κ1) is 19.3. The number of nitrogens with zero attached hydrogens (tertiary/aromatic N) is 3. The third-order valence-electron chi connectivity index (χ3n) is 4.62. The first-order chi connectivity index (χ1) is 12.8. The lowest BCUT2D eigenvalue weighted by Gasteiger charge is -2.20. The largest absolute Gasteiger partial charge is 0.363 e. The highest BCUT2D eigenvalue weighted by Gasteiger charge is 2.45.